The summed E-state index contributed by atoms with van der Waals surface area (Å²) in [4.78, 5) is 13.1. The number of hydrogen-bond acceptors (Lipinski definition) is 3. The molecule has 0 unspecified atom stereocenters. The molecule has 1 aromatic rings. The summed E-state index contributed by atoms with van der Waals surface area (Å²) in [7, 11) is -3.22. The maximum Gasteiger partial charge on any atom is 0.265 e. The van der Waals surface area contributed by atoms with Gasteiger partial charge in [-0.05, 0) is 24.3 Å². The van der Waals surface area contributed by atoms with Crippen LogP contribution in [0.25, 0.3) is 0 Å². The van der Waals surface area contributed by atoms with Crippen LogP contribution in [0.3, 0.4) is 0 Å². The molecular weight excluding hydrogens is 226 g/mol. The first-order valence-corrected chi connectivity index (χ1v) is 5.93. The van der Waals surface area contributed by atoms with Crippen LogP contribution < -0.4 is 4.84 Å². The Morgan fingerprint density at radius 1 is 1.29 bits per heavy atom. The first-order chi connectivity index (χ1) is 6.45. The predicted molar refractivity (Wildman–Crippen MR) is 52.9 cm³/mol. The Kier molecular flexibility index (Phi) is 3.13. The van der Waals surface area contributed by atoms with Crippen LogP contribution in [0.1, 0.15) is 10.4 Å². The monoisotopic (exact) mass is 233 g/mol. The van der Waals surface area contributed by atoms with Gasteiger partial charge in [0.2, 0.25) is 0 Å². The van der Waals surface area contributed by atoms with Gasteiger partial charge in [-0.3, -0.25) is 9.63 Å². The molecule has 0 saturated heterocycles. The third-order valence-corrected chi connectivity index (χ3v) is 2.93. The lowest BCUT2D eigenvalue weighted by Gasteiger charge is -2.00. The van der Waals surface area contributed by atoms with Crippen LogP contribution in [0.2, 0.25) is 0 Å². The molecule has 0 fully saturated rings. The fourth-order valence-electron chi connectivity index (χ4n) is 0.908. The molecule has 76 valence electrons. The Balaban J connectivity index is 3.07. The van der Waals surface area contributed by atoms with E-state index in [0.717, 1.165) is 6.26 Å². The molecule has 0 radical (unpaired) electrons. The third kappa shape index (κ3) is 2.46. The van der Waals surface area contributed by atoms with E-state index in [4.69, 9.17) is 11.8 Å². The van der Waals surface area contributed by atoms with Gasteiger partial charge < -0.3 is 0 Å². The average Bonchev–Trinajstić information content (AvgIpc) is 2.15. The zero-order valence-corrected chi connectivity index (χ0v) is 8.89. The lowest BCUT2D eigenvalue weighted by Crippen LogP contribution is -2.12. The summed E-state index contributed by atoms with van der Waals surface area (Å²) in [6.45, 7) is 0. The van der Waals surface area contributed by atoms with E-state index in [-0.39, 0.29) is 4.90 Å². The van der Waals surface area contributed by atoms with Gasteiger partial charge in [-0.1, -0.05) is 0 Å². The van der Waals surface area contributed by atoms with Crippen LogP contribution in [0.15, 0.2) is 29.2 Å². The van der Waals surface area contributed by atoms with Gasteiger partial charge in [-0.15, -0.1) is 0 Å². The Morgan fingerprint density at radius 3 is 2.14 bits per heavy atom. The number of carbonyl (C=O) groups is 1. The lowest BCUT2D eigenvalue weighted by molar-refractivity contribution is 0.0981. The second kappa shape index (κ2) is 3.98. The fraction of sp³-hybridized carbons (Fsp3) is 0.125. The van der Waals surface area contributed by atoms with Crippen molar-refractivity contribution in [2.45, 2.75) is 4.90 Å². The van der Waals surface area contributed by atoms with Crippen LogP contribution >= 0.6 is 11.8 Å². The summed E-state index contributed by atoms with van der Waals surface area (Å²) in [5, 5.41) is 0. The number of hydrogen-bond donors (Lipinski definition) is 1. The molecule has 0 heterocycles. The summed E-state index contributed by atoms with van der Waals surface area (Å²) >= 11 is 5.10. The summed E-state index contributed by atoms with van der Waals surface area (Å²) in [6.07, 6.45) is 1.10. The van der Waals surface area contributed by atoms with Crippen LogP contribution in [-0.2, 0) is 9.84 Å². The van der Waals surface area contributed by atoms with Gasteiger partial charge in [-0.2, -0.15) is 0 Å². The zero-order chi connectivity index (χ0) is 10.8. The van der Waals surface area contributed by atoms with E-state index in [1.807, 2.05) is 4.84 Å². The van der Waals surface area contributed by atoms with Gasteiger partial charge in [-0.25, -0.2) is 8.42 Å². The SMILES string of the molecule is CS(=O)(=O)c1ccc(C(=O)NCl)cc1. The minimum absolute atomic E-state index is 0.170. The first-order valence-electron chi connectivity index (χ1n) is 3.66. The molecule has 0 aliphatic rings. The van der Waals surface area contributed by atoms with Crippen molar-refractivity contribution >= 4 is 27.5 Å². The highest BCUT2D eigenvalue weighted by molar-refractivity contribution is 7.90. The van der Waals surface area contributed by atoms with E-state index in [0.29, 0.717) is 5.56 Å². The number of benzene rings is 1. The van der Waals surface area contributed by atoms with Crippen molar-refractivity contribution in [3.8, 4) is 0 Å². The molecule has 14 heavy (non-hydrogen) atoms. The van der Waals surface area contributed by atoms with E-state index >= 15 is 0 Å². The topological polar surface area (TPSA) is 63.2 Å². The molecule has 0 aliphatic heterocycles. The van der Waals surface area contributed by atoms with Crippen molar-refractivity contribution in [1.29, 1.82) is 0 Å². The smallest absolute Gasteiger partial charge is 0.265 e. The molecule has 0 spiro atoms. The fourth-order valence-corrected chi connectivity index (χ4v) is 1.65. The standard InChI is InChI=1S/C8H8ClNO3S/c1-14(12,13)7-4-2-6(3-5-7)8(11)10-9/h2-5H,1H3,(H,10,11). The average molecular weight is 234 g/mol. The molecular formula is C8H8ClNO3S. The molecule has 6 heteroatoms. The number of rotatable bonds is 2. The quantitative estimate of drug-likeness (QED) is 0.775. The highest BCUT2D eigenvalue weighted by atomic mass is 35.5. The molecule has 0 bridgehead atoms. The highest BCUT2D eigenvalue weighted by Gasteiger charge is 2.08. The van der Waals surface area contributed by atoms with E-state index < -0.39 is 15.7 Å². The molecule has 0 saturated carbocycles. The minimum Gasteiger partial charge on any atom is -0.268 e. The van der Waals surface area contributed by atoms with Crippen LogP contribution in [0.4, 0.5) is 0 Å². The molecule has 0 atom stereocenters. The van der Waals surface area contributed by atoms with Crippen molar-refractivity contribution < 1.29 is 13.2 Å². The summed E-state index contributed by atoms with van der Waals surface area (Å²) < 4.78 is 22.1. The summed E-state index contributed by atoms with van der Waals surface area (Å²) in [6, 6.07) is 5.51. The zero-order valence-electron chi connectivity index (χ0n) is 7.32. The number of halogens is 1. The Hall–Kier alpha value is -1.07. The van der Waals surface area contributed by atoms with Crippen LogP contribution in [0, 0.1) is 0 Å². The Morgan fingerprint density at radius 2 is 1.79 bits per heavy atom. The lowest BCUT2D eigenvalue weighted by atomic mass is 10.2. The highest BCUT2D eigenvalue weighted by Crippen LogP contribution is 2.10. The third-order valence-electron chi connectivity index (χ3n) is 1.63. The van der Waals surface area contributed by atoms with E-state index in [1.54, 1.807) is 0 Å². The normalized spacial score (nSPS) is 11.0. The minimum atomic E-state index is -3.22. The number of amides is 1. The summed E-state index contributed by atoms with van der Waals surface area (Å²) in [5.41, 5.74) is 0.312. The molecule has 0 aromatic heterocycles. The molecule has 0 aliphatic carbocycles. The van der Waals surface area contributed by atoms with Gasteiger partial charge in [0.25, 0.3) is 5.91 Å². The number of nitrogens with one attached hydrogen (secondary N) is 1. The molecule has 4 nitrogen and oxygen atoms in total. The van der Waals surface area contributed by atoms with Crippen LogP contribution in [-0.4, -0.2) is 20.6 Å². The van der Waals surface area contributed by atoms with Gasteiger partial charge in [0.15, 0.2) is 9.84 Å². The van der Waals surface area contributed by atoms with Crippen molar-refractivity contribution in [1.82, 2.24) is 4.84 Å². The molecule has 1 amide bonds. The molecule has 1 aromatic carbocycles. The predicted octanol–water partition coefficient (Wildman–Crippen LogP) is 0.974. The van der Waals surface area contributed by atoms with Crippen LogP contribution in [0.5, 0.6) is 0 Å². The van der Waals surface area contributed by atoms with Gasteiger partial charge in [0, 0.05) is 23.6 Å². The van der Waals surface area contributed by atoms with Gasteiger partial charge in [0.1, 0.15) is 0 Å². The van der Waals surface area contributed by atoms with Crippen molar-refractivity contribution in [3.05, 3.63) is 29.8 Å². The van der Waals surface area contributed by atoms with Crippen molar-refractivity contribution in [2.75, 3.05) is 6.26 Å². The Bertz CT molecular complexity index is 438. The maximum atomic E-state index is 11.1. The van der Waals surface area contributed by atoms with Crippen molar-refractivity contribution in [2.24, 2.45) is 0 Å². The number of sulfone groups is 1. The van der Waals surface area contributed by atoms with E-state index in [2.05, 4.69) is 0 Å². The second-order valence-corrected chi connectivity index (χ2v) is 4.92. The van der Waals surface area contributed by atoms with Crippen molar-refractivity contribution in [3.63, 3.8) is 0 Å². The molecule has 1 rings (SSSR count). The number of carbonyl (C=O) groups excluding carboxylic acids is 1. The van der Waals surface area contributed by atoms with Gasteiger partial charge in [0.05, 0.1) is 4.90 Å². The summed E-state index contributed by atoms with van der Waals surface area (Å²) in [5.74, 6) is -0.466. The largest absolute Gasteiger partial charge is 0.268 e. The van der Waals surface area contributed by atoms with Gasteiger partial charge >= 0.3 is 0 Å². The molecule has 1 N–H and O–H groups in total. The van der Waals surface area contributed by atoms with E-state index in [1.165, 1.54) is 24.3 Å². The second-order valence-electron chi connectivity index (χ2n) is 2.72. The maximum absolute atomic E-state index is 11.1. The van der Waals surface area contributed by atoms with E-state index in [9.17, 15) is 13.2 Å². The Labute approximate surface area is 86.9 Å². The first kappa shape index (κ1) is 11.0.